The van der Waals surface area contributed by atoms with Gasteiger partial charge in [-0.25, -0.2) is 18.8 Å². The second-order valence-electron chi connectivity index (χ2n) is 18.8. The maximum atomic E-state index is 13.9. The lowest BCUT2D eigenvalue weighted by atomic mass is 10.1. The van der Waals surface area contributed by atoms with Crippen LogP contribution in [0.5, 0.6) is 17.6 Å². The van der Waals surface area contributed by atoms with Crippen LogP contribution in [0.2, 0.25) is 0 Å². The highest BCUT2D eigenvalue weighted by atomic mass is 19.1. The van der Waals surface area contributed by atoms with Crippen molar-refractivity contribution in [3.63, 3.8) is 0 Å². The van der Waals surface area contributed by atoms with Crippen molar-refractivity contribution in [1.82, 2.24) is 29.9 Å². The fourth-order valence-electron chi connectivity index (χ4n) is 8.27. The van der Waals surface area contributed by atoms with Crippen LogP contribution in [0, 0.1) is 29.6 Å². The smallest absolute Gasteiger partial charge is 0.337 e. The molecule has 10 rings (SSSR count). The van der Waals surface area contributed by atoms with Gasteiger partial charge in [-0.05, 0) is 105 Å². The van der Waals surface area contributed by atoms with E-state index in [-0.39, 0.29) is 59.2 Å². The highest BCUT2D eigenvalue weighted by Gasteiger charge is 2.24. The highest BCUT2D eigenvalue weighted by Crippen LogP contribution is 2.35. The number of aromatic nitrogens is 6. The Labute approximate surface area is 419 Å². The van der Waals surface area contributed by atoms with Crippen molar-refractivity contribution < 1.29 is 31.9 Å². The third-order valence-electron chi connectivity index (χ3n) is 12.8. The molecule has 0 aliphatic heterocycles. The first-order chi connectivity index (χ1) is 35.4. The van der Waals surface area contributed by atoms with E-state index in [4.69, 9.17) is 27.5 Å². The van der Waals surface area contributed by atoms with Crippen LogP contribution in [0.1, 0.15) is 138 Å². The lowest BCUT2D eigenvalue weighted by Crippen LogP contribution is -2.16. The summed E-state index contributed by atoms with van der Waals surface area (Å²) >= 11 is 0. The molecule has 6 heterocycles. The van der Waals surface area contributed by atoms with Crippen LogP contribution < -0.4 is 42.2 Å². The summed E-state index contributed by atoms with van der Waals surface area (Å²) in [5.41, 5.74) is 1.37. The van der Waals surface area contributed by atoms with E-state index in [2.05, 4.69) is 48.7 Å². The number of ether oxygens (including phenoxy) is 3. The van der Waals surface area contributed by atoms with Crippen LogP contribution in [-0.2, 0) is 32.3 Å². The zero-order valence-corrected chi connectivity index (χ0v) is 41.7. The first-order valence-corrected chi connectivity index (χ1v) is 25.4. The van der Waals surface area contributed by atoms with Crippen molar-refractivity contribution in [3.05, 3.63) is 128 Å². The van der Waals surface area contributed by atoms with Crippen molar-refractivity contribution in [3.8, 4) is 29.5 Å². The van der Waals surface area contributed by atoms with E-state index < -0.39 is 23.0 Å². The predicted octanol–water partition coefficient (Wildman–Crippen LogP) is 9.12. The number of methoxy groups -OCH3 is 1. The molecular weight excluding hydrogens is 940 g/mol. The summed E-state index contributed by atoms with van der Waals surface area (Å²) in [6.45, 7) is 5.71. The number of aromatic amines is 2. The number of rotatable bonds is 19. The zero-order chi connectivity index (χ0) is 51.4. The molecule has 0 spiro atoms. The fourth-order valence-corrected chi connectivity index (χ4v) is 8.27. The van der Waals surface area contributed by atoms with Crippen molar-refractivity contribution in [2.75, 3.05) is 13.7 Å². The molecule has 0 amide bonds. The van der Waals surface area contributed by atoms with Crippen LogP contribution >= 0.6 is 0 Å². The maximum Gasteiger partial charge on any atom is 0.337 e. The summed E-state index contributed by atoms with van der Waals surface area (Å²) in [5.74, 6) is 9.45. The molecule has 0 saturated heterocycles. The molecule has 3 aliphatic carbocycles. The Balaban J connectivity index is 0.000000149. The maximum absolute atomic E-state index is 13.9. The second kappa shape index (κ2) is 24.3. The average Bonchev–Trinajstić information content (AvgIpc) is 4.21. The summed E-state index contributed by atoms with van der Waals surface area (Å²) < 4.78 is 45.8. The van der Waals surface area contributed by atoms with Gasteiger partial charge in [-0.3, -0.25) is 14.6 Å². The summed E-state index contributed by atoms with van der Waals surface area (Å²) in [5, 5.41) is 1.29. The number of hydrogen-bond donors (Lipinski definition) is 2. The van der Waals surface area contributed by atoms with Gasteiger partial charge in [0.25, 0.3) is 11.1 Å². The minimum atomic E-state index is -1.42. The molecule has 73 heavy (non-hydrogen) atoms. The second-order valence-corrected chi connectivity index (χ2v) is 18.8. The Bertz CT molecular complexity index is 3410. The van der Waals surface area contributed by atoms with Gasteiger partial charge in [-0.2, -0.15) is 19.9 Å². The summed E-state index contributed by atoms with van der Waals surface area (Å²) in [7, 11) is 1.60. The molecule has 3 saturated carbocycles. The largest absolute Gasteiger partial charge is 0.497 e. The molecule has 1 unspecified atom stereocenters. The van der Waals surface area contributed by atoms with Crippen LogP contribution in [-0.4, -0.2) is 43.6 Å². The van der Waals surface area contributed by atoms with Gasteiger partial charge in [0.15, 0.2) is 18.6 Å². The van der Waals surface area contributed by atoms with Gasteiger partial charge in [0, 0.05) is 30.5 Å². The quantitative estimate of drug-likeness (QED) is 0.0568. The molecule has 17 nitrogen and oxygen atoms in total. The Hall–Kier alpha value is -7.42. The van der Waals surface area contributed by atoms with Gasteiger partial charge < -0.3 is 32.4 Å². The molecular formula is C55H61FN6O11. The van der Waals surface area contributed by atoms with Crippen molar-refractivity contribution in [1.29, 1.82) is 0 Å². The number of halogens is 1. The van der Waals surface area contributed by atoms with Crippen molar-refractivity contribution >= 4 is 33.3 Å². The number of fused-ring (bicyclic) bond motifs is 3. The SMILES string of the molecule is CCCCCc1cc(=O)oc2nc(C(C)F)nc(OCc3ccc(OC)cc3)c12.CCc1nc2oc(=O)cc(CCCC3CC3)c2c(=O)[nH]1.O=c1cc(CCC2CC2)c2c(=O)[nH]c(OCC#CC3CC3)nc2o1. The fraction of sp³-hybridized carbons (Fsp3) is 0.473. The van der Waals surface area contributed by atoms with Gasteiger partial charge >= 0.3 is 22.9 Å². The molecule has 1 atom stereocenters. The number of aryl methyl sites for hydroxylation is 4. The molecule has 2 N–H and O–H groups in total. The predicted molar refractivity (Wildman–Crippen MR) is 272 cm³/mol. The van der Waals surface area contributed by atoms with Crippen molar-refractivity contribution in [2.24, 2.45) is 17.8 Å². The standard InChI is InChI=1S/C22H25FN2O4.C18H18N2O4.C15H18N2O3/c1-4-5-6-7-16-12-18(26)29-22-19(16)21(24-20(25-22)14(2)23)28-13-15-8-10-17(27-3)11-9-15;21-14-10-13(8-7-12-5-6-12)15-16(22)19-18(20-17(15)24-14)23-9-1-2-11-3-4-11;1-2-11-16-14(19)13-10(5-3-4-9-6-7-9)8-12(18)20-15(13)17-11/h8-12,14H,4-7,13H2,1-3H3;10-12H,3-9H2,(H,19,20,22);8-9H,2-7H2,1H3,(H,16,17,19). The van der Waals surface area contributed by atoms with Gasteiger partial charge in [-0.15, -0.1) is 0 Å². The molecule has 384 valence electrons. The first-order valence-electron chi connectivity index (χ1n) is 25.4. The van der Waals surface area contributed by atoms with Crippen LogP contribution in [0.4, 0.5) is 4.39 Å². The Morgan fingerprint density at radius 3 is 1.88 bits per heavy atom. The third kappa shape index (κ3) is 14.6. The number of alkyl halides is 1. The lowest BCUT2D eigenvalue weighted by Gasteiger charge is -2.13. The van der Waals surface area contributed by atoms with Crippen LogP contribution in [0.3, 0.4) is 0 Å². The molecule has 1 aromatic carbocycles. The summed E-state index contributed by atoms with van der Waals surface area (Å²) in [4.78, 5) is 81.9. The lowest BCUT2D eigenvalue weighted by molar-refractivity contribution is 0.288. The van der Waals surface area contributed by atoms with E-state index in [1.807, 2.05) is 31.2 Å². The number of unbranched alkanes of at least 4 members (excludes halogenated alkanes) is 2. The number of H-pyrrole nitrogens is 2. The van der Waals surface area contributed by atoms with E-state index >= 15 is 0 Å². The van der Waals surface area contributed by atoms with Crippen molar-refractivity contribution in [2.45, 2.75) is 136 Å². The number of nitrogens with zero attached hydrogens (tertiary/aromatic N) is 4. The molecule has 7 aromatic rings. The summed E-state index contributed by atoms with van der Waals surface area (Å²) in [6.07, 6.45) is 14.8. The van der Waals surface area contributed by atoms with Crippen LogP contribution in [0.25, 0.3) is 33.3 Å². The van der Waals surface area contributed by atoms with Gasteiger partial charge in [0.05, 0.1) is 7.11 Å². The molecule has 3 fully saturated rings. The normalized spacial score (nSPS) is 14.4. The van der Waals surface area contributed by atoms with E-state index in [1.165, 1.54) is 57.2 Å². The number of hydrogen-bond acceptors (Lipinski definition) is 15. The average molecular weight is 1000 g/mol. The Morgan fingerprint density at radius 1 is 0.685 bits per heavy atom. The number of nitrogens with one attached hydrogen (secondary N) is 2. The minimum Gasteiger partial charge on any atom is -0.497 e. The number of benzene rings is 1. The first kappa shape index (κ1) is 51.9. The van der Waals surface area contributed by atoms with E-state index in [9.17, 15) is 28.4 Å². The molecule has 18 heteroatoms. The van der Waals surface area contributed by atoms with E-state index in [0.29, 0.717) is 58.6 Å². The summed E-state index contributed by atoms with van der Waals surface area (Å²) in [6, 6.07) is 11.7. The Morgan fingerprint density at radius 2 is 1.27 bits per heavy atom. The van der Waals surface area contributed by atoms with Crippen LogP contribution in [0.15, 0.2) is 79.7 Å². The van der Waals surface area contributed by atoms with E-state index in [1.54, 1.807) is 7.11 Å². The molecule has 0 bridgehead atoms. The topological polar surface area (TPSA) is 236 Å². The molecule has 6 aromatic heterocycles. The highest BCUT2D eigenvalue weighted by molar-refractivity contribution is 5.82. The Kier molecular flexibility index (Phi) is 17.3. The van der Waals surface area contributed by atoms with Gasteiger partial charge in [0.1, 0.15) is 34.3 Å². The molecule has 3 aliphatic rings. The minimum absolute atomic E-state index is 0.0279. The molecule has 0 radical (unpaired) electrons. The third-order valence-corrected chi connectivity index (χ3v) is 12.8. The van der Waals surface area contributed by atoms with Gasteiger partial charge in [-0.1, -0.05) is 82.8 Å². The van der Waals surface area contributed by atoms with E-state index in [0.717, 1.165) is 79.7 Å². The zero-order valence-electron chi connectivity index (χ0n) is 41.7. The van der Waals surface area contributed by atoms with Gasteiger partial charge in [0.2, 0.25) is 23.0 Å². The monoisotopic (exact) mass is 1000 g/mol.